The Morgan fingerprint density at radius 1 is 1.50 bits per heavy atom. The summed E-state index contributed by atoms with van der Waals surface area (Å²) in [6.07, 6.45) is 1.54. The van der Waals surface area contributed by atoms with Gasteiger partial charge in [0, 0.05) is 13.1 Å². The molecule has 2 heterocycles. The van der Waals surface area contributed by atoms with Crippen LogP contribution in [0.3, 0.4) is 0 Å². The number of carbonyl (C=O) groups is 1. The van der Waals surface area contributed by atoms with E-state index in [1.807, 2.05) is 0 Å². The Hall–Kier alpha value is -1.99. The van der Waals surface area contributed by atoms with Crippen molar-refractivity contribution in [3.05, 3.63) is 40.9 Å². The second-order valence-electron chi connectivity index (χ2n) is 4.45. The van der Waals surface area contributed by atoms with E-state index >= 15 is 0 Å². The average Bonchev–Trinajstić information content (AvgIpc) is 2.82. The molecule has 8 heteroatoms. The number of anilines is 1. The first-order valence-corrected chi connectivity index (χ1v) is 6.41. The van der Waals surface area contributed by atoms with E-state index < -0.39 is 11.7 Å². The summed E-state index contributed by atoms with van der Waals surface area (Å²) in [7, 11) is 0. The number of hydrogen-bond donors (Lipinski definition) is 2. The molecule has 1 saturated heterocycles. The number of amides is 1. The number of hydrogen-bond acceptors (Lipinski definition) is 4. The predicted molar refractivity (Wildman–Crippen MR) is 71.3 cm³/mol. The molecular formula is C12H11ClFN5O. The van der Waals surface area contributed by atoms with Gasteiger partial charge in [-0.25, -0.2) is 9.07 Å². The number of nitrogens with one attached hydrogen (secondary N) is 2. The van der Waals surface area contributed by atoms with E-state index in [1.165, 1.54) is 12.1 Å². The Morgan fingerprint density at radius 2 is 2.30 bits per heavy atom. The van der Waals surface area contributed by atoms with Gasteiger partial charge in [-0.2, -0.15) is 0 Å². The average molecular weight is 296 g/mol. The molecule has 1 aromatic carbocycles. The van der Waals surface area contributed by atoms with E-state index in [4.69, 9.17) is 11.6 Å². The fraction of sp³-hybridized carbons (Fsp3) is 0.250. The third kappa shape index (κ3) is 2.37. The van der Waals surface area contributed by atoms with Crippen molar-refractivity contribution in [3.63, 3.8) is 0 Å². The monoisotopic (exact) mass is 295 g/mol. The van der Waals surface area contributed by atoms with Crippen LogP contribution in [0.5, 0.6) is 0 Å². The minimum absolute atomic E-state index is 0.0161. The summed E-state index contributed by atoms with van der Waals surface area (Å²) >= 11 is 5.65. The number of carbonyl (C=O) groups excluding carboxylic acids is 1. The van der Waals surface area contributed by atoms with Crippen molar-refractivity contribution in [1.82, 2.24) is 20.3 Å². The maximum atomic E-state index is 13.7. The smallest absolute Gasteiger partial charge is 0.277 e. The van der Waals surface area contributed by atoms with E-state index in [0.29, 0.717) is 0 Å². The van der Waals surface area contributed by atoms with Crippen molar-refractivity contribution >= 4 is 23.2 Å². The molecule has 0 aliphatic carbocycles. The second-order valence-corrected chi connectivity index (χ2v) is 4.86. The fourth-order valence-corrected chi connectivity index (χ4v) is 1.98. The molecule has 2 aromatic rings. The Bertz CT molecular complexity index is 655. The molecule has 0 spiro atoms. The van der Waals surface area contributed by atoms with Crippen molar-refractivity contribution in [3.8, 4) is 0 Å². The van der Waals surface area contributed by atoms with Crippen molar-refractivity contribution in [2.75, 3.05) is 18.4 Å². The molecule has 1 aliphatic heterocycles. The molecule has 104 valence electrons. The molecule has 6 nitrogen and oxygen atoms in total. The zero-order chi connectivity index (χ0) is 14.1. The molecule has 1 aromatic heterocycles. The van der Waals surface area contributed by atoms with Crippen LogP contribution < -0.4 is 10.6 Å². The summed E-state index contributed by atoms with van der Waals surface area (Å²) in [4.78, 5) is 12.0. The molecule has 0 unspecified atom stereocenters. The quantitative estimate of drug-likeness (QED) is 0.899. The first-order chi connectivity index (χ1) is 9.65. The van der Waals surface area contributed by atoms with Crippen molar-refractivity contribution in [2.45, 2.75) is 6.04 Å². The van der Waals surface area contributed by atoms with E-state index in [0.717, 1.165) is 13.1 Å². The lowest BCUT2D eigenvalue weighted by molar-refractivity contribution is 0.102. The SMILES string of the molecule is O=C(Nc1cccc(Cl)c1F)c1cn(C2CNC2)nn1. The lowest BCUT2D eigenvalue weighted by Crippen LogP contribution is -2.43. The van der Waals surface area contributed by atoms with Gasteiger partial charge in [-0.05, 0) is 12.1 Å². The van der Waals surface area contributed by atoms with Crippen molar-refractivity contribution < 1.29 is 9.18 Å². The largest absolute Gasteiger partial charge is 0.318 e. The number of rotatable bonds is 3. The van der Waals surface area contributed by atoms with E-state index in [1.54, 1.807) is 16.9 Å². The predicted octanol–water partition coefficient (Wildman–Crippen LogP) is 1.47. The van der Waals surface area contributed by atoms with Crippen LogP contribution in [0.1, 0.15) is 16.5 Å². The third-order valence-electron chi connectivity index (χ3n) is 3.08. The highest BCUT2D eigenvalue weighted by atomic mass is 35.5. The Balaban J connectivity index is 1.75. The highest BCUT2D eigenvalue weighted by Gasteiger charge is 2.22. The molecule has 0 bridgehead atoms. The van der Waals surface area contributed by atoms with Crippen LogP contribution in [0, 0.1) is 5.82 Å². The maximum Gasteiger partial charge on any atom is 0.277 e. The number of benzene rings is 1. The topological polar surface area (TPSA) is 71.8 Å². The Kier molecular flexibility index (Phi) is 3.37. The second kappa shape index (κ2) is 5.18. The standard InChI is InChI=1S/C12H11ClFN5O/c13-8-2-1-3-9(11(8)14)16-12(20)10-6-19(18-17-10)7-4-15-5-7/h1-3,6-7,15H,4-5H2,(H,16,20). The molecule has 1 fully saturated rings. The number of aromatic nitrogens is 3. The van der Waals surface area contributed by atoms with E-state index in [9.17, 15) is 9.18 Å². The molecule has 0 atom stereocenters. The number of halogens is 2. The highest BCUT2D eigenvalue weighted by molar-refractivity contribution is 6.31. The minimum Gasteiger partial charge on any atom is -0.318 e. The molecular weight excluding hydrogens is 285 g/mol. The summed E-state index contributed by atoms with van der Waals surface area (Å²) in [5.74, 6) is -1.19. The minimum atomic E-state index is -0.668. The van der Waals surface area contributed by atoms with Gasteiger partial charge < -0.3 is 10.6 Å². The highest BCUT2D eigenvalue weighted by Crippen LogP contribution is 2.22. The molecule has 2 N–H and O–H groups in total. The lowest BCUT2D eigenvalue weighted by atomic mass is 10.2. The van der Waals surface area contributed by atoms with Gasteiger partial charge in [-0.15, -0.1) is 5.10 Å². The van der Waals surface area contributed by atoms with Crippen molar-refractivity contribution in [2.24, 2.45) is 0 Å². The van der Waals surface area contributed by atoms with Gasteiger partial charge in [0.15, 0.2) is 11.5 Å². The van der Waals surface area contributed by atoms with Crippen LogP contribution in [0.2, 0.25) is 5.02 Å². The van der Waals surface area contributed by atoms with Crippen LogP contribution in [-0.2, 0) is 0 Å². The van der Waals surface area contributed by atoms with Gasteiger partial charge in [0.1, 0.15) is 0 Å². The summed E-state index contributed by atoms with van der Waals surface area (Å²) < 4.78 is 15.3. The van der Waals surface area contributed by atoms with Gasteiger partial charge in [-0.1, -0.05) is 22.9 Å². The maximum absolute atomic E-state index is 13.7. The van der Waals surface area contributed by atoms with Crippen LogP contribution in [0.15, 0.2) is 24.4 Å². The first-order valence-electron chi connectivity index (χ1n) is 6.03. The third-order valence-corrected chi connectivity index (χ3v) is 3.37. The lowest BCUT2D eigenvalue weighted by Gasteiger charge is -2.26. The zero-order valence-corrected chi connectivity index (χ0v) is 11.1. The van der Waals surface area contributed by atoms with Crippen LogP contribution in [0.4, 0.5) is 10.1 Å². The zero-order valence-electron chi connectivity index (χ0n) is 10.3. The molecule has 3 rings (SSSR count). The van der Waals surface area contributed by atoms with Gasteiger partial charge in [0.25, 0.3) is 5.91 Å². The fourth-order valence-electron chi connectivity index (χ4n) is 1.81. The summed E-state index contributed by atoms with van der Waals surface area (Å²) in [6, 6.07) is 4.61. The molecule has 20 heavy (non-hydrogen) atoms. The van der Waals surface area contributed by atoms with Crippen molar-refractivity contribution in [1.29, 1.82) is 0 Å². The first kappa shape index (κ1) is 13.0. The van der Waals surface area contributed by atoms with Crippen LogP contribution in [0.25, 0.3) is 0 Å². The summed E-state index contributed by atoms with van der Waals surface area (Å²) in [5, 5.41) is 13.1. The van der Waals surface area contributed by atoms with E-state index in [-0.39, 0.29) is 22.4 Å². The summed E-state index contributed by atoms with van der Waals surface area (Å²) in [5.41, 5.74) is 0.152. The van der Waals surface area contributed by atoms with Crippen LogP contribution >= 0.6 is 11.6 Å². The van der Waals surface area contributed by atoms with E-state index in [2.05, 4.69) is 20.9 Å². The Morgan fingerprint density at radius 3 is 3.00 bits per heavy atom. The van der Waals surface area contributed by atoms with Gasteiger partial charge in [-0.3, -0.25) is 4.79 Å². The van der Waals surface area contributed by atoms with Gasteiger partial charge in [0.2, 0.25) is 0 Å². The normalized spacial score (nSPS) is 14.9. The summed E-state index contributed by atoms with van der Waals surface area (Å²) in [6.45, 7) is 1.60. The van der Waals surface area contributed by atoms with Gasteiger partial charge >= 0.3 is 0 Å². The number of nitrogens with zero attached hydrogens (tertiary/aromatic N) is 3. The molecule has 0 radical (unpaired) electrons. The molecule has 1 aliphatic rings. The van der Waals surface area contributed by atoms with Crippen LogP contribution in [-0.4, -0.2) is 34.0 Å². The Labute approximate surface area is 118 Å². The molecule has 1 amide bonds. The molecule has 0 saturated carbocycles. The van der Waals surface area contributed by atoms with Gasteiger partial charge in [0.05, 0.1) is 22.9 Å².